The van der Waals surface area contributed by atoms with E-state index in [2.05, 4.69) is 36.5 Å². The van der Waals surface area contributed by atoms with Gasteiger partial charge in [-0.2, -0.15) is 0 Å². The predicted molar refractivity (Wildman–Crippen MR) is 113 cm³/mol. The van der Waals surface area contributed by atoms with E-state index in [4.69, 9.17) is 4.74 Å². The standard InChI is InChI=1S/C23H30N2O3/c1-15(2)21(25(6)14-26)23(27)24-20-11-17(4)22(18(5)12-20)28-13-19-9-7-16(3)8-10-19/h7-12,14-15,21H,13H2,1-6H3,(H,24,27)/t21-/m0/s1. The number of rotatable bonds is 8. The lowest BCUT2D eigenvalue weighted by Gasteiger charge is -2.27. The maximum Gasteiger partial charge on any atom is 0.247 e. The summed E-state index contributed by atoms with van der Waals surface area (Å²) in [6, 6.07) is 11.5. The van der Waals surface area contributed by atoms with E-state index in [0.29, 0.717) is 18.7 Å². The van der Waals surface area contributed by atoms with E-state index in [1.54, 1.807) is 7.05 Å². The summed E-state index contributed by atoms with van der Waals surface area (Å²) in [6.07, 6.45) is 0.683. The SMILES string of the molecule is Cc1ccc(COc2c(C)cc(NC(=O)[C@H](C(C)C)N(C)C=O)cc2C)cc1. The minimum Gasteiger partial charge on any atom is -0.488 e. The molecule has 1 atom stereocenters. The fourth-order valence-electron chi connectivity index (χ4n) is 3.33. The van der Waals surface area contributed by atoms with Gasteiger partial charge < -0.3 is 15.0 Å². The number of carbonyl (C=O) groups is 2. The summed E-state index contributed by atoms with van der Waals surface area (Å²) < 4.78 is 6.03. The molecule has 0 fully saturated rings. The minimum absolute atomic E-state index is 0.00881. The molecule has 2 amide bonds. The van der Waals surface area contributed by atoms with Crippen LogP contribution >= 0.6 is 0 Å². The van der Waals surface area contributed by atoms with Crippen LogP contribution in [0.1, 0.15) is 36.1 Å². The predicted octanol–water partition coefficient (Wildman–Crippen LogP) is 4.24. The molecule has 0 saturated heterocycles. The van der Waals surface area contributed by atoms with Crippen molar-refractivity contribution in [1.82, 2.24) is 4.90 Å². The number of likely N-dealkylation sites (N-methyl/N-ethyl adjacent to an activating group) is 1. The Bertz CT molecular complexity index is 805. The molecule has 0 unspecified atom stereocenters. The number of hydrogen-bond acceptors (Lipinski definition) is 3. The maximum atomic E-state index is 12.7. The van der Waals surface area contributed by atoms with Crippen molar-refractivity contribution in [2.75, 3.05) is 12.4 Å². The Labute approximate surface area is 167 Å². The van der Waals surface area contributed by atoms with Crippen molar-refractivity contribution in [3.05, 3.63) is 58.7 Å². The summed E-state index contributed by atoms with van der Waals surface area (Å²) in [6.45, 7) is 10.3. The molecule has 0 saturated carbocycles. The normalized spacial score (nSPS) is 11.8. The number of amides is 2. The van der Waals surface area contributed by atoms with E-state index in [9.17, 15) is 9.59 Å². The molecule has 0 spiro atoms. The van der Waals surface area contributed by atoms with Gasteiger partial charge in [0.15, 0.2) is 0 Å². The summed E-state index contributed by atoms with van der Waals surface area (Å²) in [5.41, 5.74) is 4.93. The van der Waals surface area contributed by atoms with Crippen LogP contribution in [0.5, 0.6) is 5.75 Å². The molecule has 2 aromatic rings. The number of carbonyl (C=O) groups excluding carboxylic acids is 2. The van der Waals surface area contributed by atoms with Gasteiger partial charge in [0.1, 0.15) is 18.4 Å². The van der Waals surface area contributed by atoms with Crippen LogP contribution in [-0.4, -0.2) is 30.3 Å². The molecule has 0 aliphatic heterocycles. The summed E-state index contributed by atoms with van der Waals surface area (Å²) in [7, 11) is 1.62. The first-order chi connectivity index (χ1) is 13.2. The Balaban J connectivity index is 2.12. The van der Waals surface area contributed by atoms with Gasteiger partial charge in [0.05, 0.1) is 0 Å². The molecule has 28 heavy (non-hydrogen) atoms. The molecule has 0 bridgehead atoms. The van der Waals surface area contributed by atoms with Gasteiger partial charge >= 0.3 is 0 Å². The van der Waals surface area contributed by atoms with Crippen LogP contribution in [0.15, 0.2) is 36.4 Å². The number of anilines is 1. The zero-order valence-electron chi connectivity index (χ0n) is 17.6. The van der Waals surface area contributed by atoms with Crippen LogP contribution in [-0.2, 0) is 16.2 Å². The van der Waals surface area contributed by atoms with E-state index in [1.165, 1.54) is 10.5 Å². The van der Waals surface area contributed by atoms with Gasteiger partial charge in [-0.25, -0.2) is 0 Å². The molecule has 5 heteroatoms. The van der Waals surface area contributed by atoms with Gasteiger partial charge in [0.2, 0.25) is 12.3 Å². The number of hydrogen-bond donors (Lipinski definition) is 1. The topological polar surface area (TPSA) is 58.6 Å². The van der Waals surface area contributed by atoms with Gasteiger partial charge in [-0.1, -0.05) is 43.7 Å². The number of benzene rings is 2. The Morgan fingerprint density at radius 2 is 1.68 bits per heavy atom. The Morgan fingerprint density at radius 3 is 2.18 bits per heavy atom. The van der Waals surface area contributed by atoms with E-state index < -0.39 is 6.04 Å². The molecule has 0 aliphatic rings. The second-order valence-electron chi connectivity index (χ2n) is 7.66. The van der Waals surface area contributed by atoms with Crippen molar-refractivity contribution in [3.63, 3.8) is 0 Å². The second-order valence-corrected chi connectivity index (χ2v) is 7.66. The van der Waals surface area contributed by atoms with Crippen molar-refractivity contribution in [3.8, 4) is 5.75 Å². The molecule has 0 radical (unpaired) electrons. The largest absolute Gasteiger partial charge is 0.488 e. The van der Waals surface area contributed by atoms with Crippen LogP contribution in [0.2, 0.25) is 0 Å². The third kappa shape index (κ3) is 5.35. The van der Waals surface area contributed by atoms with E-state index in [0.717, 1.165) is 22.4 Å². The summed E-state index contributed by atoms with van der Waals surface area (Å²) in [5, 5.41) is 2.93. The number of aryl methyl sites for hydroxylation is 3. The molecule has 0 aromatic heterocycles. The van der Waals surface area contributed by atoms with Gasteiger partial charge in [-0.3, -0.25) is 9.59 Å². The van der Waals surface area contributed by atoms with Crippen molar-refractivity contribution >= 4 is 18.0 Å². The smallest absolute Gasteiger partial charge is 0.247 e. The minimum atomic E-state index is -0.518. The fourth-order valence-corrected chi connectivity index (χ4v) is 3.33. The lowest BCUT2D eigenvalue weighted by atomic mass is 10.0. The van der Waals surface area contributed by atoms with Gasteiger partial charge in [-0.15, -0.1) is 0 Å². The summed E-state index contributed by atoms with van der Waals surface area (Å²) in [4.78, 5) is 25.2. The first kappa shape index (κ1) is 21.5. The van der Waals surface area contributed by atoms with Crippen LogP contribution < -0.4 is 10.1 Å². The highest BCUT2D eigenvalue weighted by molar-refractivity contribution is 5.96. The van der Waals surface area contributed by atoms with Crippen LogP contribution in [0.25, 0.3) is 0 Å². The number of nitrogens with zero attached hydrogens (tertiary/aromatic N) is 1. The van der Waals surface area contributed by atoms with Crippen molar-refractivity contribution in [2.45, 2.75) is 47.3 Å². The van der Waals surface area contributed by atoms with Crippen molar-refractivity contribution in [1.29, 1.82) is 0 Å². The first-order valence-electron chi connectivity index (χ1n) is 9.50. The Hall–Kier alpha value is -2.82. The lowest BCUT2D eigenvalue weighted by Crippen LogP contribution is -2.44. The molecule has 2 rings (SSSR count). The van der Waals surface area contributed by atoms with Crippen molar-refractivity contribution in [2.24, 2.45) is 5.92 Å². The molecule has 150 valence electrons. The van der Waals surface area contributed by atoms with E-state index >= 15 is 0 Å². The molecular formula is C23H30N2O3. The monoisotopic (exact) mass is 382 g/mol. The molecule has 5 nitrogen and oxygen atoms in total. The van der Waals surface area contributed by atoms with Crippen LogP contribution in [0.4, 0.5) is 5.69 Å². The molecular weight excluding hydrogens is 352 g/mol. The molecule has 0 aliphatic carbocycles. The van der Waals surface area contributed by atoms with E-state index in [-0.39, 0.29) is 11.8 Å². The van der Waals surface area contributed by atoms with Gasteiger partial charge in [0.25, 0.3) is 0 Å². The van der Waals surface area contributed by atoms with Gasteiger partial charge in [-0.05, 0) is 55.5 Å². The number of nitrogens with one attached hydrogen (secondary N) is 1. The van der Waals surface area contributed by atoms with E-state index in [1.807, 2.05) is 39.8 Å². The van der Waals surface area contributed by atoms with Crippen molar-refractivity contribution < 1.29 is 14.3 Å². The fraction of sp³-hybridized carbons (Fsp3) is 0.391. The number of ether oxygens (including phenoxy) is 1. The molecule has 0 heterocycles. The summed E-state index contributed by atoms with van der Waals surface area (Å²) in [5.74, 6) is 0.634. The molecule has 1 N–H and O–H groups in total. The lowest BCUT2D eigenvalue weighted by molar-refractivity contribution is -0.130. The molecule has 2 aromatic carbocycles. The van der Waals surface area contributed by atoms with Crippen LogP contribution in [0.3, 0.4) is 0 Å². The highest BCUT2D eigenvalue weighted by Gasteiger charge is 2.26. The Kier molecular flexibility index (Phi) is 7.21. The zero-order chi connectivity index (χ0) is 20.8. The van der Waals surface area contributed by atoms with Crippen LogP contribution in [0, 0.1) is 26.7 Å². The Morgan fingerprint density at radius 1 is 1.11 bits per heavy atom. The average molecular weight is 383 g/mol. The first-order valence-corrected chi connectivity index (χ1v) is 9.50. The highest BCUT2D eigenvalue weighted by Crippen LogP contribution is 2.28. The average Bonchev–Trinajstić information content (AvgIpc) is 2.62. The maximum absolute atomic E-state index is 12.7. The third-order valence-electron chi connectivity index (χ3n) is 4.74. The third-order valence-corrected chi connectivity index (χ3v) is 4.74. The highest BCUT2D eigenvalue weighted by atomic mass is 16.5. The second kappa shape index (κ2) is 9.40. The van der Waals surface area contributed by atoms with Gasteiger partial charge in [0, 0.05) is 12.7 Å². The quantitative estimate of drug-likeness (QED) is 0.695. The summed E-state index contributed by atoms with van der Waals surface area (Å²) >= 11 is 0. The zero-order valence-corrected chi connectivity index (χ0v) is 17.6.